The van der Waals surface area contributed by atoms with Crippen LogP contribution in [0.25, 0.3) is 10.8 Å². The molecule has 4 rings (SSSR count). The van der Waals surface area contributed by atoms with Gasteiger partial charge < -0.3 is 0 Å². The van der Waals surface area contributed by atoms with E-state index in [1.54, 1.807) is 31.2 Å². The Balaban J connectivity index is 1.46. The Labute approximate surface area is 203 Å². The lowest BCUT2D eigenvalue weighted by Crippen LogP contribution is -2.42. The minimum atomic E-state index is -3.62. The van der Waals surface area contributed by atoms with Gasteiger partial charge in [-0.25, -0.2) is 13.1 Å². The molecular formula is C24H27N5O5S. The van der Waals surface area contributed by atoms with E-state index in [9.17, 15) is 22.8 Å². The fraction of sp³-hybridized carbons (Fsp3) is 0.333. The van der Waals surface area contributed by atoms with E-state index < -0.39 is 21.8 Å². The van der Waals surface area contributed by atoms with E-state index in [4.69, 9.17) is 0 Å². The SMILES string of the molecule is CCn1nc(C(=O)NNC(=O)c2ccc(S(=O)(=O)N3CCC(C)CC3)cc2)c2ccccc2c1=O. The third-order valence-electron chi connectivity index (χ3n) is 6.17. The highest BCUT2D eigenvalue weighted by Gasteiger charge is 2.28. The molecule has 2 N–H and O–H groups in total. The smallest absolute Gasteiger partial charge is 0.267 e. The predicted octanol–water partition coefficient (Wildman–Crippen LogP) is 1.91. The summed E-state index contributed by atoms with van der Waals surface area (Å²) in [4.78, 5) is 37.9. The van der Waals surface area contributed by atoms with Gasteiger partial charge in [0, 0.05) is 30.6 Å². The number of hydrogen-bond acceptors (Lipinski definition) is 6. The topological polar surface area (TPSA) is 130 Å². The Kier molecular flexibility index (Phi) is 6.99. The maximum Gasteiger partial charge on any atom is 0.290 e. The monoisotopic (exact) mass is 497 g/mol. The van der Waals surface area contributed by atoms with Crippen LogP contribution >= 0.6 is 0 Å². The molecule has 1 aromatic heterocycles. The van der Waals surface area contributed by atoms with E-state index in [1.807, 2.05) is 0 Å². The number of amides is 2. The quantitative estimate of drug-likeness (QED) is 0.518. The molecule has 2 amide bonds. The van der Waals surface area contributed by atoms with Crippen molar-refractivity contribution in [3.8, 4) is 0 Å². The molecule has 2 aromatic carbocycles. The van der Waals surface area contributed by atoms with Crippen molar-refractivity contribution in [2.45, 2.75) is 38.1 Å². The van der Waals surface area contributed by atoms with Crippen molar-refractivity contribution in [3.05, 3.63) is 70.1 Å². The summed E-state index contributed by atoms with van der Waals surface area (Å²) in [5.41, 5.74) is 4.50. The summed E-state index contributed by atoms with van der Waals surface area (Å²) < 4.78 is 28.4. The first-order chi connectivity index (χ1) is 16.7. The van der Waals surface area contributed by atoms with Crippen LogP contribution in [0.15, 0.2) is 58.2 Å². The second-order valence-corrected chi connectivity index (χ2v) is 10.5. The summed E-state index contributed by atoms with van der Waals surface area (Å²) in [6.07, 6.45) is 1.64. The molecule has 1 fully saturated rings. The molecule has 1 saturated heterocycles. The zero-order chi connectivity index (χ0) is 25.2. The van der Waals surface area contributed by atoms with Crippen molar-refractivity contribution in [2.24, 2.45) is 5.92 Å². The zero-order valence-electron chi connectivity index (χ0n) is 19.5. The molecule has 184 valence electrons. The minimum Gasteiger partial charge on any atom is -0.267 e. The van der Waals surface area contributed by atoms with Crippen molar-refractivity contribution in [2.75, 3.05) is 13.1 Å². The van der Waals surface area contributed by atoms with Gasteiger partial charge in [-0.3, -0.25) is 25.2 Å². The summed E-state index contributed by atoms with van der Waals surface area (Å²) in [5.74, 6) is -0.807. The number of aromatic nitrogens is 2. The first kappa shape index (κ1) is 24.6. The van der Waals surface area contributed by atoms with Gasteiger partial charge in [-0.2, -0.15) is 9.40 Å². The number of nitrogens with zero attached hydrogens (tertiary/aromatic N) is 3. The van der Waals surface area contributed by atoms with E-state index in [1.165, 1.54) is 33.3 Å². The molecule has 1 aliphatic heterocycles. The fourth-order valence-electron chi connectivity index (χ4n) is 4.01. The van der Waals surface area contributed by atoms with Gasteiger partial charge in [-0.1, -0.05) is 25.1 Å². The molecule has 35 heavy (non-hydrogen) atoms. The summed E-state index contributed by atoms with van der Waals surface area (Å²) in [6.45, 7) is 5.08. The highest BCUT2D eigenvalue weighted by Crippen LogP contribution is 2.23. The maximum absolute atomic E-state index is 12.9. The van der Waals surface area contributed by atoms with Crippen molar-refractivity contribution in [1.82, 2.24) is 24.9 Å². The number of carbonyl (C=O) groups excluding carboxylic acids is 2. The Morgan fingerprint density at radius 2 is 1.57 bits per heavy atom. The van der Waals surface area contributed by atoms with E-state index in [0.29, 0.717) is 29.8 Å². The molecule has 10 nitrogen and oxygen atoms in total. The van der Waals surface area contributed by atoms with Gasteiger partial charge in [0.15, 0.2) is 5.69 Å². The lowest BCUT2D eigenvalue weighted by molar-refractivity contribution is 0.0843. The van der Waals surface area contributed by atoms with Crippen LogP contribution < -0.4 is 16.4 Å². The number of carbonyl (C=O) groups is 2. The Morgan fingerprint density at radius 3 is 2.20 bits per heavy atom. The number of hydrazine groups is 1. The number of hydrogen-bond donors (Lipinski definition) is 2. The molecule has 1 aliphatic rings. The van der Waals surface area contributed by atoms with E-state index in [0.717, 1.165) is 12.8 Å². The Morgan fingerprint density at radius 1 is 0.971 bits per heavy atom. The third kappa shape index (κ3) is 4.96. The highest BCUT2D eigenvalue weighted by molar-refractivity contribution is 7.89. The van der Waals surface area contributed by atoms with Crippen LogP contribution in [-0.4, -0.2) is 47.4 Å². The molecule has 2 heterocycles. The number of benzene rings is 2. The van der Waals surface area contributed by atoms with Crippen LogP contribution in [-0.2, 0) is 16.6 Å². The van der Waals surface area contributed by atoms with Crippen LogP contribution in [0.5, 0.6) is 0 Å². The number of fused-ring (bicyclic) bond motifs is 1. The zero-order valence-corrected chi connectivity index (χ0v) is 20.3. The lowest BCUT2D eigenvalue weighted by atomic mass is 10.0. The van der Waals surface area contributed by atoms with Gasteiger partial charge in [0.1, 0.15) is 0 Å². The number of nitrogens with one attached hydrogen (secondary N) is 2. The normalized spacial score (nSPS) is 15.1. The van der Waals surface area contributed by atoms with E-state index in [2.05, 4.69) is 22.9 Å². The van der Waals surface area contributed by atoms with Gasteiger partial charge in [0.05, 0.1) is 10.3 Å². The summed E-state index contributed by atoms with van der Waals surface area (Å²) in [6, 6.07) is 12.2. The van der Waals surface area contributed by atoms with Crippen LogP contribution in [0.1, 0.15) is 47.5 Å². The number of piperidine rings is 1. The number of rotatable bonds is 5. The molecule has 0 radical (unpaired) electrons. The molecule has 11 heteroatoms. The second kappa shape index (κ2) is 9.96. The van der Waals surface area contributed by atoms with Crippen LogP contribution in [0, 0.1) is 5.92 Å². The molecule has 0 unspecified atom stereocenters. The minimum absolute atomic E-state index is 0.000332. The van der Waals surface area contributed by atoms with Crippen LogP contribution in [0.4, 0.5) is 0 Å². The summed E-state index contributed by atoms with van der Waals surface area (Å²) >= 11 is 0. The molecule has 3 aromatic rings. The average Bonchev–Trinajstić information content (AvgIpc) is 2.88. The Bertz CT molecular complexity index is 1420. The fourth-order valence-corrected chi connectivity index (χ4v) is 5.48. The van der Waals surface area contributed by atoms with E-state index in [-0.39, 0.29) is 28.3 Å². The lowest BCUT2D eigenvalue weighted by Gasteiger charge is -2.29. The largest absolute Gasteiger partial charge is 0.290 e. The van der Waals surface area contributed by atoms with Gasteiger partial charge in [-0.05, 0) is 56.0 Å². The predicted molar refractivity (Wildman–Crippen MR) is 130 cm³/mol. The first-order valence-corrected chi connectivity index (χ1v) is 12.9. The molecule has 0 spiro atoms. The third-order valence-corrected chi connectivity index (χ3v) is 8.08. The summed E-state index contributed by atoms with van der Waals surface area (Å²) in [5, 5.41) is 4.85. The van der Waals surface area contributed by atoms with Crippen molar-refractivity contribution in [3.63, 3.8) is 0 Å². The molecule has 0 saturated carbocycles. The maximum atomic E-state index is 12.9. The standard InChI is InChI=1S/C24H27N5O5S/c1-3-29-24(32)20-7-5-4-6-19(20)21(27-29)23(31)26-25-22(30)17-8-10-18(11-9-17)35(33,34)28-14-12-16(2)13-15-28/h4-11,16H,3,12-15H2,1-2H3,(H,25,30)(H,26,31). The number of sulfonamides is 1. The van der Waals surface area contributed by atoms with Crippen molar-refractivity contribution < 1.29 is 18.0 Å². The van der Waals surface area contributed by atoms with Crippen molar-refractivity contribution >= 4 is 32.6 Å². The molecule has 0 atom stereocenters. The molecule has 0 bridgehead atoms. The highest BCUT2D eigenvalue weighted by atomic mass is 32.2. The van der Waals surface area contributed by atoms with E-state index >= 15 is 0 Å². The molecular weight excluding hydrogens is 470 g/mol. The average molecular weight is 498 g/mol. The Hall–Kier alpha value is -3.57. The number of aryl methyl sites for hydroxylation is 1. The first-order valence-electron chi connectivity index (χ1n) is 11.4. The van der Waals surface area contributed by atoms with Gasteiger partial charge >= 0.3 is 0 Å². The van der Waals surface area contributed by atoms with Gasteiger partial charge in [-0.15, -0.1) is 0 Å². The summed E-state index contributed by atoms with van der Waals surface area (Å²) in [7, 11) is -3.62. The second-order valence-electron chi connectivity index (χ2n) is 8.53. The molecule has 0 aliphatic carbocycles. The van der Waals surface area contributed by atoms with Crippen LogP contribution in [0.3, 0.4) is 0 Å². The van der Waals surface area contributed by atoms with Gasteiger partial charge in [0.25, 0.3) is 17.4 Å². The van der Waals surface area contributed by atoms with Crippen molar-refractivity contribution in [1.29, 1.82) is 0 Å². The van der Waals surface area contributed by atoms with Crippen LogP contribution in [0.2, 0.25) is 0 Å². The van der Waals surface area contributed by atoms with Gasteiger partial charge in [0.2, 0.25) is 10.0 Å².